The second-order valence-corrected chi connectivity index (χ2v) is 9.15. The molecule has 0 bridgehead atoms. The highest BCUT2D eigenvalue weighted by Crippen LogP contribution is 2.17. The van der Waals surface area contributed by atoms with Crippen molar-refractivity contribution in [3.8, 4) is 0 Å². The monoisotopic (exact) mass is 510 g/mol. The fraction of sp³-hybridized carbons (Fsp3) is 0.259. The molecule has 0 N–H and O–H groups in total. The van der Waals surface area contributed by atoms with E-state index in [1.165, 1.54) is 0 Å². The molecule has 0 radical (unpaired) electrons. The molecule has 2 aromatic heterocycles. The van der Waals surface area contributed by atoms with Gasteiger partial charge in [0.15, 0.2) is 0 Å². The summed E-state index contributed by atoms with van der Waals surface area (Å²) >= 11 is 11.6. The van der Waals surface area contributed by atoms with Gasteiger partial charge in [0, 0.05) is 33.8 Å². The Bertz CT molecular complexity index is 1260. The lowest BCUT2D eigenvalue weighted by Gasteiger charge is -2.10. The van der Waals surface area contributed by atoms with E-state index in [2.05, 4.69) is 16.9 Å². The minimum absolute atomic E-state index is 0.0136. The van der Waals surface area contributed by atoms with E-state index >= 15 is 0 Å². The molecule has 0 aliphatic carbocycles. The summed E-state index contributed by atoms with van der Waals surface area (Å²) < 4.78 is 3.76. The molecule has 0 atom stereocenters. The second kappa shape index (κ2) is 12.5. The highest BCUT2D eigenvalue weighted by molar-refractivity contribution is 6.31. The summed E-state index contributed by atoms with van der Waals surface area (Å²) in [5, 5.41) is 1.25. The van der Waals surface area contributed by atoms with Crippen molar-refractivity contribution in [2.45, 2.75) is 46.2 Å². The van der Waals surface area contributed by atoms with Crippen LogP contribution in [0.25, 0.3) is 0 Å². The molecule has 0 aliphatic rings. The average Bonchev–Trinajstić information content (AvgIpc) is 3.53. The molecule has 35 heavy (non-hydrogen) atoms. The predicted octanol–water partition coefficient (Wildman–Crippen LogP) is 6.92. The highest BCUT2D eigenvalue weighted by Gasteiger charge is 2.16. The molecule has 2 heterocycles. The van der Waals surface area contributed by atoms with Crippen LogP contribution in [0.1, 0.15) is 71.8 Å². The van der Waals surface area contributed by atoms with Crippen LogP contribution in [0.3, 0.4) is 0 Å². The van der Waals surface area contributed by atoms with Gasteiger partial charge in [0.25, 0.3) is 0 Å². The van der Waals surface area contributed by atoms with Gasteiger partial charge in [0.2, 0.25) is 11.6 Å². The summed E-state index contributed by atoms with van der Waals surface area (Å²) in [6.45, 7) is 6.98. The van der Waals surface area contributed by atoms with Gasteiger partial charge in [-0.2, -0.15) is 0 Å². The molecule has 6 nitrogen and oxygen atoms in total. The summed E-state index contributed by atoms with van der Waals surface area (Å²) in [5.41, 5.74) is 2.49. The highest BCUT2D eigenvalue weighted by atomic mass is 35.5. The molecule has 0 aliphatic heterocycles. The third-order valence-corrected chi connectivity index (χ3v) is 5.87. The quantitative estimate of drug-likeness (QED) is 0.241. The largest absolute Gasteiger partial charge is 0.328 e. The van der Waals surface area contributed by atoms with E-state index in [1.807, 2.05) is 23.0 Å². The number of carbonyl (C=O) groups is 2. The standard InChI is InChI=1S/C14H15ClN2O.C13H13ClN2O/c1-2-3-8-17-10-16-9-13(17)14(18)11-4-6-12(15)7-5-11;1-9(2)16-8-15-7-12(16)13(17)10-3-5-11(14)6-4-10/h4-7,9-10H,2-3,8H2,1H3;3-9H,1-2H3. The zero-order valence-corrected chi connectivity index (χ0v) is 21.5. The number of benzene rings is 2. The molecule has 0 amide bonds. The van der Waals surface area contributed by atoms with Crippen LogP contribution in [0.2, 0.25) is 10.0 Å². The summed E-state index contributed by atoms with van der Waals surface area (Å²) in [6, 6.07) is 14.0. The first-order chi connectivity index (χ1) is 16.8. The Labute approximate surface area is 215 Å². The van der Waals surface area contributed by atoms with Crippen molar-refractivity contribution in [1.29, 1.82) is 0 Å². The predicted molar refractivity (Wildman–Crippen MR) is 140 cm³/mol. The van der Waals surface area contributed by atoms with Crippen molar-refractivity contribution < 1.29 is 9.59 Å². The molecule has 0 spiro atoms. The summed E-state index contributed by atoms with van der Waals surface area (Å²) in [7, 11) is 0. The SMILES string of the molecule is CC(C)n1cncc1C(=O)c1ccc(Cl)cc1.CCCCn1cncc1C(=O)c1ccc(Cl)cc1. The number of aromatic nitrogens is 4. The van der Waals surface area contributed by atoms with E-state index in [9.17, 15) is 9.59 Å². The topological polar surface area (TPSA) is 69.8 Å². The number of hydrogen-bond acceptors (Lipinski definition) is 4. The number of carbonyl (C=O) groups excluding carboxylic acids is 2. The first-order valence-corrected chi connectivity index (χ1v) is 12.2. The second-order valence-electron chi connectivity index (χ2n) is 8.28. The molecular formula is C27H28Cl2N4O2. The maximum Gasteiger partial charge on any atom is 0.211 e. The minimum atomic E-state index is -0.0344. The molecule has 4 aromatic rings. The van der Waals surface area contributed by atoms with E-state index in [-0.39, 0.29) is 17.6 Å². The fourth-order valence-electron chi connectivity index (χ4n) is 3.41. The van der Waals surface area contributed by atoms with Crippen LogP contribution in [0.15, 0.2) is 73.6 Å². The van der Waals surface area contributed by atoms with Crippen LogP contribution >= 0.6 is 23.2 Å². The van der Waals surface area contributed by atoms with Gasteiger partial charge in [-0.15, -0.1) is 0 Å². The molecule has 182 valence electrons. The van der Waals surface area contributed by atoms with Gasteiger partial charge >= 0.3 is 0 Å². The summed E-state index contributed by atoms with van der Waals surface area (Å²) in [5.74, 6) is -0.0480. The maximum absolute atomic E-state index is 12.3. The van der Waals surface area contributed by atoms with Crippen LogP contribution < -0.4 is 0 Å². The van der Waals surface area contributed by atoms with Crippen LogP contribution in [-0.2, 0) is 6.54 Å². The van der Waals surface area contributed by atoms with E-state index in [4.69, 9.17) is 23.2 Å². The van der Waals surface area contributed by atoms with Crippen LogP contribution in [0, 0.1) is 0 Å². The molecule has 0 unspecified atom stereocenters. The number of halogens is 2. The zero-order chi connectivity index (χ0) is 25.4. The van der Waals surface area contributed by atoms with Crippen LogP contribution in [0.4, 0.5) is 0 Å². The Morgan fingerprint density at radius 1 is 0.800 bits per heavy atom. The van der Waals surface area contributed by atoms with E-state index in [0.717, 1.165) is 19.4 Å². The van der Waals surface area contributed by atoms with Gasteiger partial charge in [-0.05, 0) is 68.8 Å². The third kappa shape index (κ3) is 6.90. The lowest BCUT2D eigenvalue weighted by molar-refractivity contribution is 0.102. The van der Waals surface area contributed by atoms with Gasteiger partial charge in [0.05, 0.1) is 25.0 Å². The van der Waals surface area contributed by atoms with E-state index < -0.39 is 0 Å². The Kier molecular flexibility index (Phi) is 9.40. The lowest BCUT2D eigenvalue weighted by atomic mass is 10.1. The number of rotatable bonds is 8. The number of hydrogen-bond donors (Lipinski definition) is 0. The smallest absolute Gasteiger partial charge is 0.211 e. The zero-order valence-electron chi connectivity index (χ0n) is 20.0. The Hall–Kier alpha value is -3.22. The molecule has 4 rings (SSSR count). The van der Waals surface area contributed by atoms with Crippen molar-refractivity contribution in [3.63, 3.8) is 0 Å². The van der Waals surface area contributed by atoms with Crippen molar-refractivity contribution >= 4 is 34.8 Å². The van der Waals surface area contributed by atoms with Gasteiger partial charge in [-0.1, -0.05) is 36.5 Å². The van der Waals surface area contributed by atoms with E-state index in [1.54, 1.807) is 73.6 Å². The van der Waals surface area contributed by atoms with Crippen LogP contribution in [-0.4, -0.2) is 30.7 Å². The number of ketones is 2. The van der Waals surface area contributed by atoms with Gasteiger partial charge in [-0.3, -0.25) is 9.59 Å². The first kappa shape index (κ1) is 26.4. The van der Waals surface area contributed by atoms with Crippen molar-refractivity contribution in [2.75, 3.05) is 0 Å². The summed E-state index contributed by atoms with van der Waals surface area (Å²) in [4.78, 5) is 32.6. The normalized spacial score (nSPS) is 10.7. The number of imidazole rings is 2. The average molecular weight is 511 g/mol. The van der Waals surface area contributed by atoms with Crippen molar-refractivity contribution in [3.05, 3.63) is 106 Å². The third-order valence-electron chi connectivity index (χ3n) is 5.37. The van der Waals surface area contributed by atoms with E-state index in [0.29, 0.717) is 32.6 Å². The summed E-state index contributed by atoms with van der Waals surface area (Å²) in [6.07, 6.45) is 8.72. The van der Waals surface area contributed by atoms with Gasteiger partial charge < -0.3 is 9.13 Å². The molecule has 2 aromatic carbocycles. The first-order valence-electron chi connectivity index (χ1n) is 11.4. The lowest BCUT2D eigenvalue weighted by Crippen LogP contribution is -2.11. The number of unbranched alkanes of at least 4 members (excludes halogenated alkanes) is 1. The van der Waals surface area contributed by atoms with Gasteiger partial charge in [-0.25, -0.2) is 9.97 Å². The van der Waals surface area contributed by atoms with Crippen molar-refractivity contribution in [2.24, 2.45) is 0 Å². The fourth-order valence-corrected chi connectivity index (χ4v) is 3.66. The Morgan fingerprint density at radius 3 is 1.80 bits per heavy atom. The van der Waals surface area contributed by atoms with Crippen molar-refractivity contribution in [1.82, 2.24) is 19.1 Å². The molecular weight excluding hydrogens is 483 g/mol. The number of nitrogens with zero attached hydrogens (tertiary/aromatic N) is 4. The van der Waals surface area contributed by atoms with Gasteiger partial charge in [0.1, 0.15) is 11.4 Å². The molecule has 0 saturated carbocycles. The Morgan fingerprint density at radius 2 is 1.29 bits per heavy atom. The van der Waals surface area contributed by atoms with Crippen LogP contribution in [0.5, 0.6) is 0 Å². The molecule has 8 heteroatoms. The molecule has 0 saturated heterocycles. The maximum atomic E-state index is 12.3. The molecule has 0 fully saturated rings. The minimum Gasteiger partial charge on any atom is -0.328 e. The number of aryl methyl sites for hydroxylation is 1. The Balaban J connectivity index is 0.000000196.